The molecule has 2 saturated carbocycles. The van der Waals surface area contributed by atoms with Gasteiger partial charge in [-0.05, 0) is 57.1 Å². The molecule has 2 saturated heterocycles. The standard InChI is InChI=1S/C23H28F3N5O/c1-12(2)31-19(6-18(29-31)13-5-17(23(24,25)26)21(27)28-9-13)20-15-7-22(8-16(15)20)3-4-30(22)14-10-32-11-14/h5-6,9,12,14-16,20H,3-4,7-8,10-11H2,1-2H3,(H2,27,28)/t15-,16+,20?,22?. The summed E-state index contributed by atoms with van der Waals surface area (Å²) in [6.45, 7) is 7.02. The Hall–Kier alpha value is -2.13. The highest BCUT2D eigenvalue weighted by Crippen LogP contribution is 2.69. The maximum atomic E-state index is 13.3. The Morgan fingerprint density at radius 3 is 2.44 bits per heavy atom. The van der Waals surface area contributed by atoms with Gasteiger partial charge in [0.25, 0.3) is 0 Å². The van der Waals surface area contributed by atoms with Crippen LogP contribution in [-0.4, -0.2) is 51.0 Å². The van der Waals surface area contributed by atoms with E-state index in [0.717, 1.165) is 25.0 Å². The summed E-state index contributed by atoms with van der Waals surface area (Å²) in [6, 6.07) is 3.76. The van der Waals surface area contributed by atoms with Gasteiger partial charge < -0.3 is 10.5 Å². The van der Waals surface area contributed by atoms with Crippen molar-refractivity contribution in [3.8, 4) is 11.3 Å². The molecule has 2 aliphatic carbocycles. The first kappa shape index (κ1) is 20.5. The van der Waals surface area contributed by atoms with Gasteiger partial charge in [-0.3, -0.25) is 9.58 Å². The van der Waals surface area contributed by atoms with E-state index in [-0.39, 0.29) is 6.04 Å². The number of pyridine rings is 1. The van der Waals surface area contributed by atoms with Crippen molar-refractivity contribution in [3.63, 3.8) is 0 Å². The smallest absolute Gasteiger partial charge is 0.383 e. The van der Waals surface area contributed by atoms with Crippen LogP contribution in [0.4, 0.5) is 19.0 Å². The number of halogens is 3. The van der Waals surface area contributed by atoms with Crippen molar-refractivity contribution in [2.75, 3.05) is 25.5 Å². The SMILES string of the molecule is CC(C)n1nc(-c2cnc(N)c(C(F)(F)F)c2)cc1C1[C@H]2CC3(CCN3C3COC3)C[C@@H]12. The fraction of sp³-hybridized carbons (Fsp3) is 0.652. The number of anilines is 1. The molecule has 4 heterocycles. The molecule has 2 aliphatic heterocycles. The third-order valence-corrected chi connectivity index (χ3v) is 8.17. The first-order valence-electron chi connectivity index (χ1n) is 11.4. The molecule has 0 radical (unpaired) electrons. The molecule has 0 aromatic carbocycles. The summed E-state index contributed by atoms with van der Waals surface area (Å²) in [5.41, 5.74) is 6.95. The summed E-state index contributed by atoms with van der Waals surface area (Å²) in [7, 11) is 0. The van der Waals surface area contributed by atoms with E-state index in [9.17, 15) is 13.2 Å². The minimum Gasteiger partial charge on any atom is -0.383 e. The lowest BCUT2D eigenvalue weighted by Crippen LogP contribution is -2.67. The Kier molecular flexibility index (Phi) is 4.28. The Balaban J connectivity index is 1.27. The minimum absolute atomic E-state index is 0.130. The quantitative estimate of drug-likeness (QED) is 0.765. The summed E-state index contributed by atoms with van der Waals surface area (Å²) in [4.78, 5) is 6.46. The van der Waals surface area contributed by atoms with Crippen LogP contribution in [0.25, 0.3) is 11.3 Å². The Bertz CT molecular complexity index is 1050. The van der Waals surface area contributed by atoms with Crippen LogP contribution in [0.3, 0.4) is 0 Å². The van der Waals surface area contributed by atoms with Gasteiger partial charge in [-0.15, -0.1) is 0 Å². The van der Waals surface area contributed by atoms with E-state index in [0.29, 0.717) is 40.6 Å². The van der Waals surface area contributed by atoms with E-state index in [1.165, 1.54) is 32.0 Å². The average Bonchev–Trinajstić information content (AvgIpc) is 3.06. The summed E-state index contributed by atoms with van der Waals surface area (Å²) in [6.07, 6.45) is 0.531. The number of fused-ring (bicyclic) bond motifs is 1. The predicted octanol–water partition coefficient (Wildman–Crippen LogP) is 4.09. The number of hydrogen-bond acceptors (Lipinski definition) is 5. The van der Waals surface area contributed by atoms with Gasteiger partial charge in [-0.25, -0.2) is 4.98 Å². The molecule has 2 N–H and O–H groups in total. The second-order valence-electron chi connectivity index (χ2n) is 10.3. The number of nitrogen functional groups attached to an aromatic ring is 1. The summed E-state index contributed by atoms with van der Waals surface area (Å²) in [5, 5.41) is 4.70. The number of rotatable bonds is 4. The van der Waals surface area contributed by atoms with Crippen LogP contribution in [0, 0.1) is 11.8 Å². The Labute approximate surface area is 184 Å². The van der Waals surface area contributed by atoms with E-state index in [1.807, 2.05) is 10.7 Å². The molecule has 172 valence electrons. The minimum atomic E-state index is -4.54. The number of hydrogen-bond donors (Lipinski definition) is 1. The van der Waals surface area contributed by atoms with Gasteiger partial charge >= 0.3 is 6.18 Å². The molecule has 2 aromatic heterocycles. The second kappa shape index (κ2) is 6.70. The first-order chi connectivity index (χ1) is 15.2. The fourth-order valence-electron chi connectivity index (χ4n) is 6.42. The van der Waals surface area contributed by atoms with Gasteiger partial charge in [-0.1, -0.05) is 0 Å². The fourth-order valence-corrected chi connectivity index (χ4v) is 6.42. The van der Waals surface area contributed by atoms with E-state index >= 15 is 0 Å². The molecule has 6 nitrogen and oxygen atoms in total. The lowest BCUT2D eigenvalue weighted by Gasteiger charge is -2.57. The highest BCUT2D eigenvalue weighted by molar-refractivity contribution is 5.63. The molecular weight excluding hydrogens is 419 g/mol. The third-order valence-electron chi connectivity index (χ3n) is 8.17. The first-order valence-corrected chi connectivity index (χ1v) is 11.4. The zero-order valence-electron chi connectivity index (χ0n) is 18.3. The van der Waals surface area contributed by atoms with Crippen molar-refractivity contribution in [1.82, 2.24) is 19.7 Å². The van der Waals surface area contributed by atoms with Crippen molar-refractivity contribution in [3.05, 3.63) is 29.6 Å². The van der Waals surface area contributed by atoms with E-state index in [2.05, 4.69) is 23.7 Å². The largest absolute Gasteiger partial charge is 0.419 e. The monoisotopic (exact) mass is 447 g/mol. The molecule has 4 fully saturated rings. The molecule has 0 amide bonds. The lowest BCUT2D eigenvalue weighted by molar-refractivity contribution is -0.149. The Morgan fingerprint density at radius 1 is 1.19 bits per heavy atom. The van der Waals surface area contributed by atoms with Crippen molar-refractivity contribution >= 4 is 5.82 Å². The van der Waals surface area contributed by atoms with E-state index in [4.69, 9.17) is 15.6 Å². The molecule has 4 aliphatic rings. The van der Waals surface area contributed by atoms with Gasteiger partial charge in [0, 0.05) is 41.5 Å². The van der Waals surface area contributed by atoms with Gasteiger partial charge in [0.15, 0.2) is 0 Å². The van der Waals surface area contributed by atoms with Crippen molar-refractivity contribution in [2.45, 2.75) is 62.8 Å². The Morgan fingerprint density at radius 2 is 1.91 bits per heavy atom. The van der Waals surface area contributed by atoms with Crippen molar-refractivity contribution in [1.29, 1.82) is 0 Å². The normalized spacial score (nSPS) is 32.2. The zero-order chi connectivity index (χ0) is 22.4. The maximum absolute atomic E-state index is 13.3. The van der Waals surface area contributed by atoms with Crippen LogP contribution in [0.5, 0.6) is 0 Å². The van der Waals surface area contributed by atoms with Crippen molar-refractivity contribution in [2.24, 2.45) is 11.8 Å². The lowest BCUT2D eigenvalue weighted by atomic mass is 9.77. The van der Waals surface area contributed by atoms with Gasteiger partial charge in [-0.2, -0.15) is 18.3 Å². The maximum Gasteiger partial charge on any atom is 0.419 e. The van der Waals surface area contributed by atoms with Gasteiger partial charge in [0.1, 0.15) is 5.82 Å². The summed E-state index contributed by atoms with van der Waals surface area (Å²) < 4.78 is 47.4. The number of alkyl halides is 3. The molecule has 2 aromatic rings. The van der Waals surface area contributed by atoms with Crippen molar-refractivity contribution < 1.29 is 17.9 Å². The molecular formula is C23H28F3N5O. The number of nitrogens with two attached hydrogens (primary N) is 1. The average molecular weight is 448 g/mol. The van der Waals surface area contributed by atoms with Gasteiger partial charge in [0.2, 0.25) is 0 Å². The van der Waals surface area contributed by atoms with E-state index in [1.54, 1.807) is 0 Å². The number of aromatic nitrogens is 3. The molecule has 9 heteroatoms. The summed E-state index contributed by atoms with van der Waals surface area (Å²) >= 11 is 0. The van der Waals surface area contributed by atoms with Gasteiger partial charge in [0.05, 0.1) is 30.5 Å². The highest BCUT2D eigenvalue weighted by Gasteiger charge is 2.67. The predicted molar refractivity (Wildman–Crippen MR) is 113 cm³/mol. The molecule has 6 rings (SSSR count). The molecule has 4 atom stereocenters. The van der Waals surface area contributed by atoms with Crippen LogP contribution >= 0.6 is 0 Å². The van der Waals surface area contributed by atoms with Crippen LogP contribution in [0.2, 0.25) is 0 Å². The zero-order valence-corrected chi connectivity index (χ0v) is 18.3. The highest BCUT2D eigenvalue weighted by atomic mass is 19.4. The number of ether oxygens (including phenoxy) is 1. The van der Waals surface area contributed by atoms with Crippen LogP contribution in [0.1, 0.15) is 56.3 Å². The molecule has 1 spiro atoms. The van der Waals surface area contributed by atoms with Crippen LogP contribution in [-0.2, 0) is 10.9 Å². The number of likely N-dealkylation sites (tertiary alicyclic amines) is 1. The van der Waals surface area contributed by atoms with E-state index < -0.39 is 17.6 Å². The number of nitrogens with zero attached hydrogens (tertiary/aromatic N) is 4. The molecule has 2 unspecified atom stereocenters. The second-order valence-corrected chi connectivity index (χ2v) is 10.3. The third kappa shape index (κ3) is 2.93. The molecule has 0 bridgehead atoms. The van der Waals surface area contributed by atoms with Crippen LogP contribution < -0.4 is 5.73 Å². The molecule has 32 heavy (non-hydrogen) atoms. The summed E-state index contributed by atoms with van der Waals surface area (Å²) in [5.74, 6) is 1.20. The van der Waals surface area contributed by atoms with Crippen LogP contribution in [0.15, 0.2) is 18.3 Å². The topological polar surface area (TPSA) is 69.2 Å².